The Balaban J connectivity index is 2.26. The van der Waals surface area contributed by atoms with Gasteiger partial charge in [-0.25, -0.2) is 8.78 Å². The quantitative estimate of drug-likeness (QED) is 0.889. The fourth-order valence-corrected chi connectivity index (χ4v) is 2.22. The van der Waals surface area contributed by atoms with Crippen molar-refractivity contribution < 1.29 is 8.78 Å². The van der Waals surface area contributed by atoms with Gasteiger partial charge in [-0.15, -0.1) is 0 Å². The second-order valence-corrected chi connectivity index (χ2v) is 4.77. The number of rotatable bonds is 4. The zero-order chi connectivity index (χ0) is 13.8. The van der Waals surface area contributed by atoms with Gasteiger partial charge in [0.15, 0.2) is 0 Å². The lowest BCUT2D eigenvalue weighted by Gasteiger charge is -2.17. The molecule has 0 aliphatic rings. The van der Waals surface area contributed by atoms with Gasteiger partial charge in [-0.2, -0.15) is 0 Å². The van der Waals surface area contributed by atoms with Crippen molar-refractivity contribution in [1.29, 1.82) is 0 Å². The van der Waals surface area contributed by atoms with Gasteiger partial charge in [-0.05, 0) is 54.9 Å². The van der Waals surface area contributed by atoms with E-state index < -0.39 is 0 Å². The van der Waals surface area contributed by atoms with E-state index >= 15 is 0 Å². The molecule has 0 aromatic heterocycles. The summed E-state index contributed by atoms with van der Waals surface area (Å²) in [5, 5.41) is 3.56. The van der Waals surface area contributed by atoms with Crippen LogP contribution in [0.2, 0.25) is 5.02 Å². The molecular formula is C15H14ClF2N. The van der Waals surface area contributed by atoms with E-state index in [0.717, 1.165) is 5.56 Å². The highest BCUT2D eigenvalue weighted by Gasteiger charge is 2.13. The van der Waals surface area contributed by atoms with Crippen molar-refractivity contribution in [2.45, 2.75) is 12.5 Å². The molecule has 0 aliphatic carbocycles. The van der Waals surface area contributed by atoms with Crippen molar-refractivity contribution in [3.63, 3.8) is 0 Å². The maximum Gasteiger partial charge on any atom is 0.126 e. The third-order valence-electron chi connectivity index (χ3n) is 3.03. The first kappa shape index (κ1) is 14.0. The highest BCUT2D eigenvalue weighted by atomic mass is 35.5. The smallest absolute Gasteiger partial charge is 0.126 e. The van der Waals surface area contributed by atoms with Crippen molar-refractivity contribution in [1.82, 2.24) is 5.32 Å². The van der Waals surface area contributed by atoms with Gasteiger partial charge in [-0.1, -0.05) is 23.7 Å². The van der Waals surface area contributed by atoms with Gasteiger partial charge in [0.05, 0.1) is 0 Å². The summed E-state index contributed by atoms with van der Waals surface area (Å²) in [5.74, 6) is -0.606. The summed E-state index contributed by atoms with van der Waals surface area (Å²) < 4.78 is 26.9. The Hall–Kier alpha value is -1.45. The fourth-order valence-electron chi connectivity index (χ4n) is 2.03. The second kappa shape index (κ2) is 6.13. The first-order valence-corrected chi connectivity index (χ1v) is 6.34. The minimum Gasteiger partial charge on any atom is -0.313 e. The van der Waals surface area contributed by atoms with E-state index in [4.69, 9.17) is 11.6 Å². The molecule has 0 saturated heterocycles. The Labute approximate surface area is 116 Å². The Morgan fingerprint density at radius 3 is 2.63 bits per heavy atom. The number of halogens is 3. The Morgan fingerprint density at radius 1 is 1.16 bits per heavy atom. The molecule has 1 unspecified atom stereocenters. The largest absolute Gasteiger partial charge is 0.313 e. The van der Waals surface area contributed by atoms with Crippen LogP contribution >= 0.6 is 11.6 Å². The molecule has 0 spiro atoms. The molecule has 0 fully saturated rings. The van der Waals surface area contributed by atoms with E-state index in [1.54, 1.807) is 19.2 Å². The molecule has 4 heteroatoms. The topological polar surface area (TPSA) is 12.0 Å². The van der Waals surface area contributed by atoms with E-state index in [9.17, 15) is 8.78 Å². The Morgan fingerprint density at radius 2 is 1.95 bits per heavy atom. The van der Waals surface area contributed by atoms with E-state index in [1.165, 1.54) is 24.3 Å². The van der Waals surface area contributed by atoms with Crippen molar-refractivity contribution in [2.75, 3.05) is 7.05 Å². The lowest BCUT2D eigenvalue weighted by atomic mass is 9.98. The molecule has 0 amide bonds. The van der Waals surface area contributed by atoms with Crippen LogP contribution in [0.3, 0.4) is 0 Å². The zero-order valence-corrected chi connectivity index (χ0v) is 11.2. The zero-order valence-electron chi connectivity index (χ0n) is 10.5. The molecule has 19 heavy (non-hydrogen) atoms. The van der Waals surface area contributed by atoms with Crippen LogP contribution in [0.25, 0.3) is 0 Å². The number of benzene rings is 2. The van der Waals surface area contributed by atoms with Crippen molar-refractivity contribution in [2.24, 2.45) is 0 Å². The van der Waals surface area contributed by atoms with Gasteiger partial charge in [0.1, 0.15) is 11.6 Å². The highest BCUT2D eigenvalue weighted by molar-refractivity contribution is 6.30. The van der Waals surface area contributed by atoms with Crippen molar-refractivity contribution >= 4 is 11.6 Å². The van der Waals surface area contributed by atoms with Gasteiger partial charge in [0.25, 0.3) is 0 Å². The summed E-state index contributed by atoms with van der Waals surface area (Å²) >= 11 is 5.87. The summed E-state index contributed by atoms with van der Waals surface area (Å²) in [6.07, 6.45) is 0.409. The molecule has 0 heterocycles. The molecule has 1 nitrogen and oxygen atoms in total. The first-order chi connectivity index (χ1) is 9.10. The second-order valence-electron chi connectivity index (χ2n) is 4.34. The summed E-state index contributed by atoms with van der Waals surface area (Å²) in [6.45, 7) is 0. The molecule has 1 N–H and O–H groups in total. The number of hydrogen-bond acceptors (Lipinski definition) is 1. The van der Waals surface area contributed by atoms with E-state index in [1.807, 2.05) is 6.07 Å². The van der Waals surface area contributed by atoms with Crippen LogP contribution in [0.15, 0.2) is 42.5 Å². The van der Waals surface area contributed by atoms with Gasteiger partial charge in [0, 0.05) is 11.1 Å². The molecule has 1 atom stereocenters. The predicted molar refractivity (Wildman–Crippen MR) is 73.3 cm³/mol. The van der Waals surface area contributed by atoms with Crippen LogP contribution in [0.4, 0.5) is 8.78 Å². The molecule has 2 aromatic rings. The monoisotopic (exact) mass is 281 g/mol. The maximum absolute atomic E-state index is 13.7. The Bertz CT molecular complexity index is 572. The summed E-state index contributed by atoms with van der Waals surface area (Å²) in [5.41, 5.74) is 1.29. The minimum atomic E-state index is -0.305. The third kappa shape index (κ3) is 3.52. The molecule has 0 saturated carbocycles. The number of nitrogens with one attached hydrogen (secondary N) is 1. The molecular weight excluding hydrogens is 268 g/mol. The predicted octanol–water partition coefficient (Wildman–Crippen LogP) is 4.12. The normalized spacial score (nSPS) is 12.4. The molecule has 2 aromatic carbocycles. The summed E-state index contributed by atoms with van der Waals surface area (Å²) in [7, 11) is 1.76. The van der Waals surface area contributed by atoms with Crippen LogP contribution in [0.1, 0.15) is 17.2 Å². The fraction of sp³-hybridized carbons (Fsp3) is 0.200. The molecule has 0 radical (unpaired) electrons. The molecule has 2 rings (SSSR count). The van der Waals surface area contributed by atoms with E-state index in [0.29, 0.717) is 17.0 Å². The minimum absolute atomic E-state index is 0.163. The van der Waals surface area contributed by atoms with Crippen LogP contribution in [0, 0.1) is 11.6 Å². The molecule has 100 valence electrons. The summed E-state index contributed by atoms with van der Waals surface area (Å²) in [6, 6.07) is 10.6. The van der Waals surface area contributed by atoms with Crippen molar-refractivity contribution in [3.8, 4) is 0 Å². The van der Waals surface area contributed by atoms with Gasteiger partial charge in [-0.3, -0.25) is 0 Å². The molecule has 0 bridgehead atoms. The van der Waals surface area contributed by atoms with Crippen LogP contribution < -0.4 is 5.32 Å². The van der Waals surface area contributed by atoms with E-state index in [2.05, 4.69) is 5.32 Å². The van der Waals surface area contributed by atoms with E-state index in [-0.39, 0.29) is 17.7 Å². The van der Waals surface area contributed by atoms with Gasteiger partial charge in [0.2, 0.25) is 0 Å². The molecule has 0 aliphatic heterocycles. The van der Waals surface area contributed by atoms with Gasteiger partial charge >= 0.3 is 0 Å². The first-order valence-electron chi connectivity index (χ1n) is 5.97. The highest BCUT2D eigenvalue weighted by Crippen LogP contribution is 2.23. The lowest BCUT2D eigenvalue weighted by Crippen LogP contribution is -2.19. The lowest BCUT2D eigenvalue weighted by molar-refractivity contribution is 0.549. The van der Waals surface area contributed by atoms with Crippen LogP contribution in [0.5, 0.6) is 0 Å². The average molecular weight is 282 g/mol. The average Bonchev–Trinajstić information content (AvgIpc) is 2.39. The van der Waals surface area contributed by atoms with Crippen LogP contribution in [-0.2, 0) is 6.42 Å². The maximum atomic E-state index is 13.7. The van der Waals surface area contributed by atoms with Gasteiger partial charge < -0.3 is 5.32 Å². The van der Waals surface area contributed by atoms with Crippen LogP contribution in [-0.4, -0.2) is 7.05 Å². The third-order valence-corrected chi connectivity index (χ3v) is 3.27. The summed E-state index contributed by atoms with van der Waals surface area (Å²) in [4.78, 5) is 0. The van der Waals surface area contributed by atoms with Crippen molar-refractivity contribution in [3.05, 3.63) is 70.2 Å². The SMILES string of the molecule is CNC(Cc1cc(Cl)ccc1F)c1cccc(F)c1. The Kier molecular flexibility index (Phi) is 4.51. The number of likely N-dealkylation sites (N-methyl/N-ethyl adjacent to an activating group) is 1. The number of hydrogen-bond donors (Lipinski definition) is 1. The standard InChI is InChI=1S/C15H14ClF2N/c1-19-15(10-3-2-4-13(17)8-10)9-11-7-12(16)5-6-14(11)18/h2-8,15,19H,9H2,1H3.